The predicted molar refractivity (Wildman–Crippen MR) is 176 cm³/mol. The van der Waals surface area contributed by atoms with E-state index in [1.165, 1.54) is 4.90 Å². The minimum atomic E-state index is -1.51. The van der Waals surface area contributed by atoms with Crippen LogP contribution in [0.2, 0.25) is 0 Å². The molecule has 4 nitrogen and oxygen atoms in total. The van der Waals surface area contributed by atoms with Gasteiger partial charge in [0.2, 0.25) is 0 Å². The molecule has 8 heteroatoms. The van der Waals surface area contributed by atoms with Crippen molar-refractivity contribution >= 4 is 22.6 Å². The summed E-state index contributed by atoms with van der Waals surface area (Å²) in [6.45, 7) is 1.31. The van der Waals surface area contributed by atoms with Crippen LogP contribution in [-0.4, -0.2) is 34.2 Å². The molecule has 7 rings (SSSR count). The summed E-state index contributed by atoms with van der Waals surface area (Å²) in [6.07, 6.45) is 2.57. The summed E-state index contributed by atoms with van der Waals surface area (Å²) >= 11 is 0. The van der Waals surface area contributed by atoms with Gasteiger partial charge in [0, 0.05) is 60.2 Å². The molecule has 0 radical (unpaired) electrons. The van der Waals surface area contributed by atoms with E-state index in [9.17, 15) is 18.4 Å². The Morgan fingerprint density at radius 2 is 1.31 bits per heavy atom. The average molecular weight is 647 g/mol. The van der Waals surface area contributed by atoms with Gasteiger partial charge < -0.3 is 9.47 Å². The lowest BCUT2D eigenvalue weighted by Crippen LogP contribution is -2.30. The molecule has 2 heterocycles. The van der Waals surface area contributed by atoms with Crippen LogP contribution in [0, 0.1) is 23.3 Å². The molecular weight excluding hydrogens is 616 g/mol. The molecule has 1 fully saturated rings. The first-order valence-corrected chi connectivity index (χ1v) is 15.7. The number of hydrogen-bond acceptors (Lipinski definition) is 2. The Kier molecular flexibility index (Phi) is 8.40. The number of carbonyl (C=O) groups is 2. The van der Waals surface area contributed by atoms with Crippen LogP contribution in [0.5, 0.6) is 0 Å². The lowest BCUT2D eigenvalue weighted by molar-refractivity contribution is 0.0785. The van der Waals surface area contributed by atoms with E-state index in [2.05, 4.69) is 35.0 Å². The van der Waals surface area contributed by atoms with Gasteiger partial charge in [0.15, 0.2) is 29.1 Å². The van der Waals surface area contributed by atoms with Crippen LogP contribution in [-0.2, 0) is 13.0 Å². The molecule has 240 valence electrons. The van der Waals surface area contributed by atoms with E-state index in [0.29, 0.717) is 31.6 Å². The molecule has 0 saturated carbocycles. The Hall–Kier alpha value is -5.50. The summed E-state index contributed by atoms with van der Waals surface area (Å²) in [5, 5.41) is 1.07. The van der Waals surface area contributed by atoms with E-state index in [1.807, 2.05) is 30.3 Å². The standard InChI is InChI=1S/C40H30F4N2O2/c41-33-17-15-29(31(37(33)43)21-25-9-3-1-4-10-25)39(47)36-30(16-18-34(42)38(36)44)40(48)45-20-19-27(23-45)32-24-46(22-26-11-5-2-6-12-26)35-14-8-7-13-28(32)35/h1-18,24,27H,19-23H2. The third kappa shape index (κ3) is 5.79. The fraction of sp³-hybridized carbons (Fsp3) is 0.150. The number of halogens is 4. The lowest BCUT2D eigenvalue weighted by Gasteiger charge is -2.19. The Morgan fingerprint density at radius 3 is 2.04 bits per heavy atom. The molecule has 5 aromatic carbocycles. The van der Waals surface area contributed by atoms with Gasteiger partial charge in [-0.25, -0.2) is 17.6 Å². The number of nitrogens with zero attached hydrogens (tertiary/aromatic N) is 2. The zero-order chi connectivity index (χ0) is 33.4. The number of rotatable bonds is 8. The number of fused-ring (bicyclic) bond motifs is 1. The third-order valence-electron chi connectivity index (χ3n) is 9.15. The van der Waals surface area contributed by atoms with Crippen LogP contribution in [0.25, 0.3) is 10.9 Å². The Labute approximate surface area is 274 Å². The first-order valence-electron chi connectivity index (χ1n) is 15.7. The summed E-state index contributed by atoms with van der Waals surface area (Å²) in [5.41, 5.74) is 2.09. The van der Waals surface area contributed by atoms with E-state index >= 15 is 8.78 Å². The van der Waals surface area contributed by atoms with Gasteiger partial charge in [-0.2, -0.15) is 0 Å². The number of aromatic nitrogens is 1. The highest BCUT2D eigenvalue weighted by Gasteiger charge is 2.34. The van der Waals surface area contributed by atoms with Crippen LogP contribution in [0.1, 0.15) is 60.9 Å². The van der Waals surface area contributed by atoms with Crippen molar-refractivity contribution in [3.63, 3.8) is 0 Å². The van der Waals surface area contributed by atoms with Crippen LogP contribution in [0.15, 0.2) is 115 Å². The topological polar surface area (TPSA) is 42.3 Å². The molecule has 0 spiro atoms. The Balaban J connectivity index is 1.20. The van der Waals surface area contributed by atoms with Crippen molar-refractivity contribution in [3.8, 4) is 0 Å². The number of para-hydroxylation sites is 1. The first kappa shape index (κ1) is 31.1. The molecule has 1 saturated heterocycles. The van der Waals surface area contributed by atoms with Crippen molar-refractivity contribution in [1.82, 2.24) is 9.47 Å². The van der Waals surface area contributed by atoms with Crippen LogP contribution >= 0.6 is 0 Å². The number of amides is 1. The lowest BCUT2D eigenvalue weighted by atomic mass is 9.91. The fourth-order valence-electron chi connectivity index (χ4n) is 6.74. The molecule has 1 aliphatic heterocycles. The number of hydrogen-bond donors (Lipinski definition) is 0. The second-order valence-electron chi connectivity index (χ2n) is 12.1. The van der Waals surface area contributed by atoms with Crippen molar-refractivity contribution in [3.05, 3.63) is 178 Å². The highest BCUT2D eigenvalue weighted by molar-refractivity contribution is 6.16. The summed E-state index contributed by atoms with van der Waals surface area (Å²) < 4.78 is 62.0. The zero-order valence-electron chi connectivity index (χ0n) is 25.8. The Morgan fingerprint density at radius 1 is 0.688 bits per heavy atom. The van der Waals surface area contributed by atoms with Gasteiger partial charge in [0.25, 0.3) is 5.91 Å². The molecule has 0 aliphatic carbocycles. The number of carbonyl (C=O) groups excluding carboxylic acids is 2. The van der Waals surface area contributed by atoms with Crippen LogP contribution in [0.4, 0.5) is 17.6 Å². The number of likely N-dealkylation sites (tertiary alicyclic amines) is 1. The predicted octanol–water partition coefficient (Wildman–Crippen LogP) is 8.70. The number of ketones is 1. The molecule has 6 aromatic rings. The van der Waals surface area contributed by atoms with E-state index < -0.39 is 40.5 Å². The summed E-state index contributed by atoms with van der Waals surface area (Å²) in [5.74, 6) is -7.05. The van der Waals surface area contributed by atoms with Gasteiger partial charge >= 0.3 is 0 Å². The minimum Gasteiger partial charge on any atom is -0.343 e. The molecule has 1 atom stereocenters. The van der Waals surface area contributed by atoms with Gasteiger partial charge in [0.1, 0.15) is 0 Å². The van der Waals surface area contributed by atoms with Crippen molar-refractivity contribution in [2.24, 2.45) is 0 Å². The maximum Gasteiger partial charge on any atom is 0.254 e. The van der Waals surface area contributed by atoms with Gasteiger partial charge in [-0.1, -0.05) is 78.9 Å². The molecule has 1 amide bonds. The SMILES string of the molecule is O=C(c1ccc(F)c(F)c1Cc1ccccc1)c1c(C(=O)N2CCC(c3cn(Cc4ccccc4)c4ccccc34)C2)ccc(F)c1F. The quantitative estimate of drug-likeness (QED) is 0.123. The van der Waals surface area contributed by atoms with Crippen molar-refractivity contribution < 1.29 is 27.2 Å². The maximum atomic E-state index is 15.5. The van der Waals surface area contributed by atoms with Gasteiger partial charge in [-0.15, -0.1) is 0 Å². The van der Waals surface area contributed by atoms with Gasteiger partial charge in [0.05, 0.1) is 11.1 Å². The van der Waals surface area contributed by atoms with Crippen LogP contribution < -0.4 is 0 Å². The Bertz CT molecular complexity index is 2160. The summed E-state index contributed by atoms with van der Waals surface area (Å²) in [4.78, 5) is 29.5. The molecular formula is C40H30F4N2O2. The first-order chi connectivity index (χ1) is 23.3. The summed E-state index contributed by atoms with van der Waals surface area (Å²) in [7, 11) is 0. The van der Waals surface area contributed by atoms with Gasteiger partial charge in [-0.05, 0) is 53.4 Å². The van der Waals surface area contributed by atoms with Crippen LogP contribution in [0.3, 0.4) is 0 Å². The van der Waals surface area contributed by atoms with E-state index in [1.54, 1.807) is 30.3 Å². The van der Waals surface area contributed by atoms with E-state index in [4.69, 9.17) is 0 Å². The second kappa shape index (κ2) is 13.0. The average Bonchev–Trinajstić information content (AvgIpc) is 3.74. The smallest absolute Gasteiger partial charge is 0.254 e. The monoisotopic (exact) mass is 646 g/mol. The van der Waals surface area contributed by atoms with Crippen molar-refractivity contribution in [1.29, 1.82) is 0 Å². The minimum absolute atomic E-state index is 0.0380. The molecule has 1 aliphatic rings. The van der Waals surface area contributed by atoms with Crippen molar-refractivity contribution in [2.45, 2.75) is 25.3 Å². The molecule has 1 aromatic heterocycles. The molecule has 0 bridgehead atoms. The molecule has 48 heavy (non-hydrogen) atoms. The fourth-order valence-corrected chi connectivity index (χ4v) is 6.74. The highest BCUT2D eigenvalue weighted by atomic mass is 19.2. The largest absolute Gasteiger partial charge is 0.343 e. The third-order valence-corrected chi connectivity index (χ3v) is 9.15. The summed E-state index contributed by atoms with van der Waals surface area (Å²) in [6, 6.07) is 30.4. The second-order valence-corrected chi connectivity index (χ2v) is 12.1. The van der Waals surface area contributed by atoms with Crippen molar-refractivity contribution in [2.75, 3.05) is 13.1 Å². The molecule has 0 N–H and O–H groups in total. The van der Waals surface area contributed by atoms with E-state index in [0.717, 1.165) is 46.3 Å². The van der Waals surface area contributed by atoms with E-state index in [-0.39, 0.29) is 29.0 Å². The molecule has 1 unspecified atom stereocenters. The maximum absolute atomic E-state index is 15.5. The zero-order valence-corrected chi connectivity index (χ0v) is 25.8. The highest BCUT2D eigenvalue weighted by Crippen LogP contribution is 2.36. The van der Waals surface area contributed by atoms with Gasteiger partial charge in [-0.3, -0.25) is 9.59 Å². The normalized spacial score (nSPS) is 14.5. The number of benzene rings is 5.